The summed E-state index contributed by atoms with van der Waals surface area (Å²) in [5.41, 5.74) is 2.56. The Balaban J connectivity index is 1.92. The zero-order valence-corrected chi connectivity index (χ0v) is 25.7. The number of H-pyrrole nitrogens is 1. The van der Waals surface area contributed by atoms with Crippen LogP contribution in [-0.2, 0) is 20.2 Å². The molecule has 0 fully saturated rings. The molecule has 42 heavy (non-hydrogen) atoms. The highest BCUT2D eigenvalue weighted by molar-refractivity contribution is 7.90. The Hall–Kier alpha value is -4.11. The Morgan fingerprint density at radius 1 is 0.952 bits per heavy atom. The van der Waals surface area contributed by atoms with Crippen molar-refractivity contribution in [3.8, 4) is 5.75 Å². The lowest BCUT2D eigenvalue weighted by Gasteiger charge is -2.36. The third kappa shape index (κ3) is 6.06. The highest BCUT2D eigenvalue weighted by Crippen LogP contribution is 2.47. The van der Waals surface area contributed by atoms with Crippen molar-refractivity contribution in [2.45, 2.75) is 56.3 Å². The van der Waals surface area contributed by atoms with Crippen molar-refractivity contribution in [1.82, 2.24) is 14.6 Å². The van der Waals surface area contributed by atoms with E-state index < -0.39 is 21.3 Å². The summed E-state index contributed by atoms with van der Waals surface area (Å²) in [6.07, 6.45) is 4.87. The van der Waals surface area contributed by atoms with E-state index in [1.807, 2.05) is 42.6 Å². The first-order valence-electron chi connectivity index (χ1n) is 14.1. The van der Waals surface area contributed by atoms with Crippen LogP contribution in [0.15, 0.2) is 77.8 Å². The highest BCUT2D eigenvalue weighted by Gasteiger charge is 2.40. The van der Waals surface area contributed by atoms with Gasteiger partial charge in [0.15, 0.2) is 0 Å². The number of nitrogens with one attached hydrogen (secondary N) is 2. The Bertz CT molecular complexity index is 1690. The fourth-order valence-electron chi connectivity index (χ4n) is 5.89. The summed E-state index contributed by atoms with van der Waals surface area (Å²) in [5, 5.41) is 1.01. The first-order chi connectivity index (χ1) is 20.1. The van der Waals surface area contributed by atoms with Gasteiger partial charge in [0, 0.05) is 43.0 Å². The quantitative estimate of drug-likeness (QED) is 0.212. The first-order valence-corrected chi connectivity index (χ1v) is 15.6. The smallest absolute Gasteiger partial charge is 0.269 e. The Labute approximate surface area is 248 Å². The first kappa shape index (κ1) is 30.8. The summed E-state index contributed by atoms with van der Waals surface area (Å²) < 4.78 is 34.8. The number of fused-ring (bicyclic) bond motifs is 1. The number of sulfonamides is 1. The van der Waals surface area contributed by atoms with E-state index in [1.165, 1.54) is 13.2 Å². The molecule has 8 nitrogen and oxygen atoms in total. The number of ether oxygens (including phenoxy) is 1. The lowest BCUT2D eigenvalue weighted by molar-refractivity contribution is -0.128. The molecule has 1 aromatic heterocycles. The lowest BCUT2D eigenvalue weighted by atomic mass is 9.66. The molecule has 4 aromatic rings. The van der Waals surface area contributed by atoms with E-state index in [0.717, 1.165) is 22.9 Å². The molecule has 0 aliphatic heterocycles. The fourth-order valence-corrected chi connectivity index (χ4v) is 7.09. The second-order valence-electron chi connectivity index (χ2n) is 10.8. The van der Waals surface area contributed by atoms with Crippen LogP contribution in [0.25, 0.3) is 10.9 Å². The number of aryl methyl sites for hydroxylation is 1. The van der Waals surface area contributed by atoms with E-state index in [1.54, 1.807) is 50.2 Å². The largest absolute Gasteiger partial charge is 0.496 e. The lowest BCUT2D eigenvalue weighted by Crippen LogP contribution is -2.36. The Morgan fingerprint density at radius 3 is 2.36 bits per heavy atom. The second kappa shape index (κ2) is 12.8. The van der Waals surface area contributed by atoms with Gasteiger partial charge in [0.1, 0.15) is 5.75 Å². The summed E-state index contributed by atoms with van der Waals surface area (Å²) in [6.45, 7) is 3.77. The molecule has 0 spiro atoms. The number of carbonyl (C=O) groups is 2. The number of nitrogens with zero attached hydrogens (tertiary/aromatic N) is 1. The van der Waals surface area contributed by atoms with Crippen molar-refractivity contribution in [3.05, 3.63) is 95.2 Å². The molecule has 222 valence electrons. The number of hydrogen-bond acceptors (Lipinski definition) is 5. The van der Waals surface area contributed by atoms with Crippen LogP contribution in [0.5, 0.6) is 5.75 Å². The van der Waals surface area contributed by atoms with Gasteiger partial charge in [-0.2, -0.15) is 0 Å². The zero-order valence-electron chi connectivity index (χ0n) is 24.9. The van der Waals surface area contributed by atoms with Crippen molar-refractivity contribution < 1.29 is 22.7 Å². The third-order valence-electron chi connectivity index (χ3n) is 7.87. The van der Waals surface area contributed by atoms with Gasteiger partial charge < -0.3 is 14.6 Å². The minimum Gasteiger partial charge on any atom is -0.496 e. The van der Waals surface area contributed by atoms with Crippen LogP contribution in [0.3, 0.4) is 0 Å². The van der Waals surface area contributed by atoms with E-state index in [0.29, 0.717) is 36.8 Å². The van der Waals surface area contributed by atoms with Gasteiger partial charge in [-0.25, -0.2) is 13.1 Å². The minimum absolute atomic E-state index is 0.0206. The molecule has 0 aliphatic rings. The van der Waals surface area contributed by atoms with E-state index in [9.17, 15) is 18.0 Å². The molecular weight excluding hydrogens is 550 g/mol. The molecule has 0 radical (unpaired) electrons. The normalized spacial score (nSPS) is 13.0. The van der Waals surface area contributed by atoms with Crippen molar-refractivity contribution in [3.63, 3.8) is 0 Å². The summed E-state index contributed by atoms with van der Waals surface area (Å²) >= 11 is 0. The van der Waals surface area contributed by atoms with E-state index in [-0.39, 0.29) is 22.1 Å². The maximum Gasteiger partial charge on any atom is 0.269 e. The van der Waals surface area contributed by atoms with Gasteiger partial charge in [0.25, 0.3) is 15.9 Å². The average Bonchev–Trinajstić information content (AvgIpc) is 3.40. The number of rotatable bonds is 12. The van der Waals surface area contributed by atoms with Crippen molar-refractivity contribution in [2.24, 2.45) is 0 Å². The molecule has 9 heteroatoms. The number of aromatic amines is 1. The van der Waals surface area contributed by atoms with E-state index >= 15 is 0 Å². The Morgan fingerprint density at radius 2 is 1.67 bits per heavy atom. The van der Waals surface area contributed by atoms with Crippen LogP contribution < -0.4 is 9.46 Å². The molecule has 0 bridgehead atoms. The highest BCUT2D eigenvalue weighted by atomic mass is 32.2. The van der Waals surface area contributed by atoms with E-state index in [2.05, 4.69) is 16.6 Å². The number of hydrogen-bond donors (Lipinski definition) is 2. The van der Waals surface area contributed by atoms with Crippen molar-refractivity contribution in [1.29, 1.82) is 0 Å². The predicted octanol–water partition coefficient (Wildman–Crippen LogP) is 5.95. The predicted molar refractivity (Wildman–Crippen MR) is 165 cm³/mol. The molecule has 0 saturated heterocycles. The molecule has 0 aliphatic carbocycles. The number of methoxy groups -OCH3 is 1. The molecule has 1 atom stereocenters. The summed E-state index contributed by atoms with van der Waals surface area (Å²) in [4.78, 5) is 31.6. The topological polar surface area (TPSA) is 109 Å². The second-order valence-corrected chi connectivity index (χ2v) is 12.5. The Kier molecular flexibility index (Phi) is 9.41. The van der Waals surface area contributed by atoms with Gasteiger partial charge in [-0.15, -0.1) is 0 Å². The standard InChI is InChI=1S/C33H39N3O5S/c1-6-20-33(21-12-19-30(37)36(3)4,26-22-34-27-16-9-8-14-24(26)27)25-15-11-17-28(41-5)31(25)32(38)35-42(39,40)29-18-10-7-13-23(29)2/h7-11,13-18,22,34H,6,12,19-21H2,1-5H3,(H,35,38). The van der Waals surface area contributed by atoms with Crippen molar-refractivity contribution in [2.75, 3.05) is 21.2 Å². The monoisotopic (exact) mass is 589 g/mol. The summed E-state index contributed by atoms with van der Waals surface area (Å²) in [7, 11) is 0.765. The fraction of sp³-hybridized carbons (Fsp3) is 0.333. The summed E-state index contributed by atoms with van der Waals surface area (Å²) in [6, 6.07) is 19.9. The molecule has 1 heterocycles. The number of amides is 2. The SMILES string of the molecule is CCCC(CCCC(=O)N(C)C)(c1cccc(OC)c1C(=O)NS(=O)(=O)c1ccccc1C)c1c[nH]c2ccccc12. The van der Waals surface area contributed by atoms with Gasteiger partial charge in [-0.1, -0.05) is 61.9 Å². The molecule has 2 amide bonds. The number of benzene rings is 3. The summed E-state index contributed by atoms with van der Waals surface area (Å²) in [5.74, 6) is -0.475. The van der Waals surface area contributed by atoms with E-state index in [4.69, 9.17) is 4.74 Å². The molecular formula is C33H39N3O5S. The van der Waals surface area contributed by atoms with Crippen LogP contribution in [0.2, 0.25) is 0 Å². The van der Waals surface area contributed by atoms with Gasteiger partial charge in [0.05, 0.1) is 17.6 Å². The zero-order chi connectivity index (χ0) is 30.5. The van der Waals surface area contributed by atoms with Crippen LogP contribution >= 0.6 is 0 Å². The maximum atomic E-state index is 14.1. The third-order valence-corrected chi connectivity index (χ3v) is 9.36. The minimum atomic E-state index is -4.18. The van der Waals surface area contributed by atoms with Crippen molar-refractivity contribution >= 4 is 32.7 Å². The number of aromatic nitrogens is 1. The molecule has 4 rings (SSSR count). The number of carbonyl (C=O) groups excluding carboxylic acids is 2. The van der Waals surface area contributed by atoms with Crippen LogP contribution in [0.1, 0.15) is 66.1 Å². The van der Waals surface area contributed by atoms with Gasteiger partial charge in [-0.05, 0) is 61.1 Å². The van der Waals surface area contributed by atoms with Crippen LogP contribution in [0.4, 0.5) is 0 Å². The number of para-hydroxylation sites is 1. The molecule has 3 aromatic carbocycles. The molecule has 0 saturated carbocycles. The van der Waals surface area contributed by atoms with Gasteiger partial charge >= 0.3 is 0 Å². The molecule has 1 unspecified atom stereocenters. The van der Waals surface area contributed by atoms with Crippen LogP contribution in [-0.4, -0.2) is 51.3 Å². The van der Waals surface area contributed by atoms with Gasteiger partial charge in [0.2, 0.25) is 5.91 Å². The van der Waals surface area contributed by atoms with Gasteiger partial charge in [-0.3, -0.25) is 9.59 Å². The van der Waals surface area contributed by atoms with Crippen LogP contribution in [0, 0.1) is 6.92 Å². The average molecular weight is 590 g/mol. The maximum absolute atomic E-state index is 14.1. The molecule has 2 N–H and O–H groups in total.